The highest BCUT2D eigenvalue weighted by Crippen LogP contribution is 2.37. The Balaban J connectivity index is 2.03. The molecule has 2 aliphatic rings. The van der Waals surface area contributed by atoms with Crippen molar-refractivity contribution in [2.75, 3.05) is 0 Å². The molecule has 2 rings (SSSR count). The fourth-order valence-electron chi connectivity index (χ4n) is 3.59. The van der Waals surface area contributed by atoms with E-state index in [1.54, 1.807) is 0 Å². The van der Waals surface area contributed by atoms with Crippen LogP contribution in [0.5, 0.6) is 0 Å². The molecular formula is C15H26O2. The normalized spacial score (nSPS) is 40.2. The summed E-state index contributed by atoms with van der Waals surface area (Å²) in [6.07, 6.45) is 7.69. The minimum Gasteiger partial charge on any atom is -0.375 e. The van der Waals surface area contributed by atoms with E-state index < -0.39 is 0 Å². The van der Waals surface area contributed by atoms with Crippen LogP contribution >= 0.6 is 0 Å². The first-order chi connectivity index (χ1) is 8.11. The number of carbonyl (C=O) groups is 1. The molecule has 0 N–H and O–H groups in total. The number of hydrogen-bond donors (Lipinski definition) is 0. The molecular weight excluding hydrogens is 212 g/mol. The van der Waals surface area contributed by atoms with E-state index in [2.05, 4.69) is 20.8 Å². The molecule has 98 valence electrons. The SMILES string of the molecule is CC1OC(C)C(C(=O)C2CCCCCC2)C1C. The molecule has 1 aliphatic carbocycles. The van der Waals surface area contributed by atoms with E-state index in [0.717, 1.165) is 12.8 Å². The highest BCUT2D eigenvalue weighted by atomic mass is 16.5. The summed E-state index contributed by atoms with van der Waals surface area (Å²) >= 11 is 0. The van der Waals surface area contributed by atoms with Gasteiger partial charge >= 0.3 is 0 Å². The van der Waals surface area contributed by atoms with Crippen molar-refractivity contribution in [1.29, 1.82) is 0 Å². The Hall–Kier alpha value is -0.370. The van der Waals surface area contributed by atoms with Crippen LogP contribution < -0.4 is 0 Å². The van der Waals surface area contributed by atoms with Crippen LogP contribution in [0.25, 0.3) is 0 Å². The van der Waals surface area contributed by atoms with E-state index >= 15 is 0 Å². The molecule has 1 saturated heterocycles. The monoisotopic (exact) mass is 238 g/mol. The van der Waals surface area contributed by atoms with Crippen molar-refractivity contribution >= 4 is 5.78 Å². The summed E-state index contributed by atoms with van der Waals surface area (Å²) in [5.41, 5.74) is 0. The van der Waals surface area contributed by atoms with E-state index in [9.17, 15) is 4.79 Å². The molecule has 17 heavy (non-hydrogen) atoms. The highest BCUT2D eigenvalue weighted by molar-refractivity contribution is 5.84. The molecule has 1 heterocycles. The third-order valence-electron chi connectivity index (χ3n) is 4.83. The molecule has 2 nitrogen and oxygen atoms in total. The van der Waals surface area contributed by atoms with Crippen LogP contribution in [-0.2, 0) is 9.53 Å². The van der Waals surface area contributed by atoms with Gasteiger partial charge in [-0.25, -0.2) is 0 Å². The van der Waals surface area contributed by atoms with Gasteiger partial charge in [0.1, 0.15) is 5.78 Å². The first-order valence-corrected chi connectivity index (χ1v) is 7.30. The van der Waals surface area contributed by atoms with E-state index in [1.807, 2.05) is 0 Å². The van der Waals surface area contributed by atoms with Crippen LogP contribution in [0.1, 0.15) is 59.3 Å². The predicted octanol–water partition coefficient (Wildman–Crippen LogP) is 3.59. The maximum absolute atomic E-state index is 12.6. The van der Waals surface area contributed by atoms with Gasteiger partial charge in [-0.1, -0.05) is 32.6 Å². The summed E-state index contributed by atoms with van der Waals surface area (Å²) in [6.45, 7) is 6.34. The molecule has 0 spiro atoms. The van der Waals surface area contributed by atoms with Crippen molar-refractivity contribution in [2.24, 2.45) is 17.8 Å². The van der Waals surface area contributed by atoms with Crippen molar-refractivity contribution < 1.29 is 9.53 Å². The zero-order valence-corrected chi connectivity index (χ0v) is 11.4. The van der Waals surface area contributed by atoms with E-state index in [-0.39, 0.29) is 18.1 Å². The molecule has 0 radical (unpaired) electrons. The third kappa shape index (κ3) is 2.73. The molecule has 2 fully saturated rings. The number of ether oxygens (including phenoxy) is 1. The second-order valence-electron chi connectivity index (χ2n) is 6.02. The van der Waals surface area contributed by atoms with E-state index in [1.165, 1.54) is 25.7 Å². The lowest BCUT2D eigenvalue weighted by Crippen LogP contribution is -2.32. The van der Waals surface area contributed by atoms with Gasteiger partial charge < -0.3 is 4.74 Å². The van der Waals surface area contributed by atoms with Gasteiger partial charge in [-0.15, -0.1) is 0 Å². The Morgan fingerprint density at radius 1 is 0.941 bits per heavy atom. The van der Waals surface area contributed by atoms with Crippen LogP contribution in [0.15, 0.2) is 0 Å². The highest BCUT2D eigenvalue weighted by Gasteiger charge is 2.43. The molecule has 2 heteroatoms. The molecule has 0 aromatic heterocycles. The zero-order chi connectivity index (χ0) is 12.4. The first-order valence-electron chi connectivity index (χ1n) is 7.30. The second kappa shape index (κ2) is 5.51. The maximum Gasteiger partial charge on any atom is 0.141 e. The minimum atomic E-state index is 0.121. The van der Waals surface area contributed by atoms with Gasteiger partial charge in [0.05, 0.1) is 12.2 Å². The number of rotatable bonds is 2. The van der Waals surface area contributed by atoms with Crippen molar-refractivity contribution in [1.82, 2.24) is 0 Å². The van der Waals surface area contributed by atoms with Gasteiger partial charge in [0.15, 0.2) is 0 Å². The van der Waals surface area contributed by atoms with Gasteiger partial charge in [-0.3, -0.25) is 4.79 Å². The quantitative estimate of drug-likeness (QED) is 0.687. The summed E-state index contributed by atoms with van der Waals surface area (Å²) in [6, 6.07) is 0. The molecule has 1 saturated carbocycles. The number of carbonyl (C=O) groups excluding carboxylic acids is 1. The maximum atomic E-state index is 12.6. The lowest BCUT2D eigenvalue weighted by Gasteiger charge is -2.22. The fraction of sp³-hybridized carbons (Fsp3) is 0.933. The van der Waals surface area contributed by atoms with Crippen LogP contribution in [0, 0.1) is 17.8 Å². The Bertz CT molecular complexity index is 266. The fourth-order valence-corrected chi connectivity index (χ4v) is 3.59. The third-order valence-corrected chi connectivity index (χ3v) is 4.83. The minimum absolute atomic E-state index is 0.121. The lowest BCUT2D eigenvalue weighted by molar-refractivity contribution is -0.129. The summed E-state index contributed by atoms with van der Waals surface area (Å²) in [5, 5.41) is 0. The van der Waals surface area contributed by atoms with Gasteiger partial charge in [0.2, 0.25) is 0 Å². The lowest BCUT2D eigenvalue weighted by atomic mass is 9.79. The van der Waals surface area contributed by atoms with Crippen molar-refractivity contribution in [3.63, 3.8) is 0 Å². The van der Waals surface area contributed by atoms with Crippen LogP contribution in [0.4, 0.5) is 0 Å². The Kier molecular flexibility index (Phi) is 4.24. The van der Waals surface area contributed by atoms with Crippen molar-refractivity contribution in [2.45, 2.75) is 71.5 Å². The van der Waals surface area contributed by atoms with E-state index in [0.29, 0.717) is 17.6 Å². The molecule has 1 aliphatic heterocycles. The molecule has 0 aromatic carbocycles. The van der Waals surface area contributed by atoms with E-state index in [4.69, 9.17) is 4.74 Å². The molecule has 0 amide bonds. The first kappa shape index (κ1) is 13.1. The van der Waals surface area contributed by atoms with Gasteiger partial charge in [0.25, 0.3) is 0 Å². The standard InChI is InChI=1S/C15H26O2/c1-10-11(2)17-12(3)14(10)15(16)13-8-6-4-5-7-9-13/h10-14H,4-9H2,1-3H3. The Morgan fingerprint density at radius 2 is 1.53 bits per heavy atom. The predicted molar refractivity (Wildman–Crippen MR) is 68.9 cm³/mol. The van der Waals surface area contributed by atoms with Gasteiger partial charge in [-0.2, -0.15) is 0 Å². The molecule has 0 aromatic rings. The molecule has 4 unspecified atom stereocenters. The van der Waals surface area contributed by atoms with Crippen LogP contribution in [0.3, 0.4) is 0 Å². The van der Waals surface area contributed by atoms with Crippen molar-refractivity contribution in [3.8, 4) is 0 Å². The van der Waals surface area contributed by atoms with Crippen LogP contribution in [-0.4, -0.2) is 18.0 Å². The van der Waals surface area contributed by atoms with Crippen molar-refractivity contribution in [3.05, 3.63) is 0 Å². The average molecular weight is 238 g/mol. The van der Waals surface area contributed by atoms with Gasteiger partial charge in [-0.05, 0) is 32.6 Å². The molecule has 4 atom stereocenters. The van der Waals surface area contributed by atoms with Crippen LogP contribution in [0.2, 0.25) is 0 Å². The summed E-state index contributed by atoms with van der Waals surface area (Å²) in [4.78, 5) is 12.6. The largest absolute Gasteiger partial charge is 0.375 e. The Labute approximate surface area is 105 Å². The van der Waals surface area contributed by atoms with Gasteiger partial charge in [0, 0.05) is 11.8 Å². The summed E-state index contributed by atoms with van der Waals surface area (Å²) < 4.78 is 5.81. The number of hydrogen-bond acceptors (Lipinski definition) is 2. The summed E-state index contributed by atoms with van der Waals surface area (Å²) in [5.74, 6) is 1.35. The second-order valence-corrected chi connectivity index (χ2v) is 6.02. The molecule has 0 bridgehead atoms. The number of Topliss-reactive ketones (excluding diaryl/α,β-unsaturated/α-hetero) is 1. The summed E-state index contributed by atoms with van der Waals surface area (Å²) in [7, 11) is 0. The Morgan fingerprint density at radius 3 is 2.00 bits per heavy atom. The average Bonchev–Trinajstić information content (AvgIpc) is 2.52. The zero-order valence-electron chi connectivity index (χ0n) is 11.4. The topological polar surface area (TPSA) is 26.3 Å². The smallest absolute Gasteiger partial charge is 0.141 e. The number of ketones is 1.